The molecule has 1 aliphatic heterocycles. The van der Waals surface area contributed by atoms with Crippen LogP contribution in [0.3, 0.4) is 0 Å². The predicted molar refractivity (Wildman–Crippen MR) is 160 cm³/mol. The lowest BCUT2D eigenvalue weighted by atomic mass is 9.75. The van der Waals surface area contributed by atoms with Crippen molar-refractivity contribution >= 4 is 11.9 Å². The second-order valence-corrected chi connectivity index (χ2v) is 11.8. The molecule has 0 bridgehead atoms. The Morgan fingerprint density at radius 2 is 1.63 bits per heavy atom. The highest BCUT2D eigenvalue weighted by Crippen LogP contribution is 2.39. The largest absolute Gasteiger partial charge is 0.450 e. The molecule has 4 atom stereocenters. The van der Waals surface area contributed by atoms with Crippen LogP contribution in [0.5, 0.6) is 0 Å². The van der Waals surface area contributed by atoms with Gasteiger partial charge in [0.15, 0.2) is 17.2 Å². The quantitative estimate of drug-likeness (QED) is 0.255. The molecule has 4 rings (SSSR count). The van der Waals surface area contributed by atoms with Crippen LogP contribution in [0.15, 0.2) is 58.0 Å². The SMILES string of the molecule is CCOC(=O)N1CCCC(C(C)C2=CC=C(C(C)C(C)C(=O)c3nc(-c4ccccc4)oc3C(F)C(F)F)CC2)CCC1. The van der Waals surface area contributed by atoms with Gasteiger partial charge >= 0.3 is 6.09 Å². The van der Waals surface area contributed by atoms with Gasteiger partial charge in [-0.25, -0.2) is 22.9 Å². The van der Waals surface area contributed by atoms with Crippen LogP contribution in [0, 0.1) is 23.7 Å². The van der Waals surface area contributed by atoms with Crippen LogP contribution < -0.4 is 0 Å². The van der Waals surface area contributed by atoms with E-state index in [4.69, 9.17) is 9.15 Å². The Balaban J connectivity index is 1.44. The number of carbonyl (C=O) groups excluding carboxylic acids is 2. The van der Waals surface area contributed by atoms with Crippen molar-refractivity contribution in [1.29, 1.82) is 0 Å². The smallest absolute Gasteiger partial charge is 0.409 e. The zero-order chi connectivity index (χ0) is 31.1. The van der Waals surface area contributed by atoms with Crippen LogP contribution in [-0.2, 0) is 4.74 Å². The first-order valence-electron chi connectivity index (χ1n) is 15.5. The molecular weight excluding hydrogens is 557 g/mol. The lowest BCUT2D eigenvalue weighted by molar-refractivity contribution is 0.0371. The van der Waals surface area contributed by atoms with E-state index >= 15 is 0 Å². The van der Waals surface area contributed by atoms with Crippen LogP contribution in [0.2, 0.25) is 0 Å². The zero-order valence-corrected chi connectivity index (χ0v) is 25.5. The summed E-state index contributed by atoms with van der Waals surface area (Å²) in [6.45, 7) is 9.60. The highest BCUT2D eigenvalue weighted by Gasteiger charge is 2.36. The summed E-state index contributed by atoms with van der Waals surface area (Å²) >= 11 is 0. The lowest BCUT2D eigenvalue weighted by Gasteiger charge is -2.33. The maximum Gasteiger partial charge on any atom is 0.409 e. The van der Waals surface area contributed by atoms with Crippen molar-refractivity contribution in [3.8, 4) is 11.5 Å². The van der Waals surface area contributed by atoms with Crippen molar-refractivity contribution in [2.24, 2.45) is 23.7 Å². The van der Waals surface area contributed by atoms with E-state index in [9.17, 15) is 22.8 Å². The van der Waals surface area contributed by atoms with Crippen LogP contribution in [0.25, 0.3) is 11.5 Å². The van der Waals surface area contributed by atoms with Crippen molar-refractivity contribution in [2.75, 3.05) is 19.7 Å². The van der Waals surface area contributed by atoms with Gasteiger partial charge in [-0.3, -0.25) is 4.79 Å². The van der Waals surface area contributed by atoms with E-state index in [1.54, 1.807) is 37.3 Å². The highest BCUT2D eigenvalue weighted by molar-refractivity contribution is 5.97. The van der Waals surface area contributed by atoms with Gasteiger partial charge in [0.1, 0.15) is 0 Å². The fourth-order valence-corrected chi connectivity index (χ4v) is 6.25. The number of halogens is 3. The number of benzene rings is 1. The summed E-state index contributed by atoms with van der Waals surface area (Å²) in [4.78, 5) is 31.7. The average molecular weight is 601 g/mol. The van der Waals surface area contributed by atoms with Gasteiger partial charge in [-0.2, -0.15) is 0 Å². The molecule has 2 aromatic rings. The molecule has 0 spiro atoms. The molecular formula is C34H43F3N2O4. The number of Topliss-reactive ketones (excluding diaryl/α,β-unsaturated/α-hetero) is 1. The van der Waals surface area contributed by atoms with E-state index < -0.39 is 30.1 Å². The first-order valence-corrected chi connectivity index (χ1v) is 15.5. The molecule has 0 radical (unpaired) electrons. The molecule has 1 saturated heterocycles. The molecule has 234 valence electrons. The molecule has 0 N–H and O–H groups in total. The molecule has 1 aliphatic carbocycles. The summed E-state index contributed by atoms with van der Waals surface area (Å²) in [5.74, 6) is -1.12. The number of oxazole rings is 1. The molecule has 2 aliphatic rings. The fraction of sp³-hybridized carbons (Fsp3) is 0.559. The van der Waals surface area contributed by atoms with Crippen molar-refractivity contribution in [3.05, 3.63) is 65.1 Å². The second-order valence-electron chi connectivity index (χ2n) is 11.8. The van der Waals surface area contributed by atoms with Crippen molar-refractivity contribution in [1.82, 2.24) is 9.88 Å². The van der Waals surface area contributed by atoms with E-state index in [2.05, 4.69) is 24.1 Å². The number of alkyl halides is 3. The third-order valence-corrected chi connectivity index (χ3v) is 9.17. The van der Waals surface area contributed by atoms with E-state index in [0.29, 0.717) is 24.0 Å². The molecule has 1 aromatic heterocycles. The number of amides is 1. The number of likely N-dealkylation sites (tertiary alicyclic amines) is 1. The van der Waals surface area contributed by atoms with E-state index in [1.807, 2.05) is 18.7 Å². The van der Waals surface area contributed by atoms with Gasteiger partial charge in [0.05, 0.1) is 6.61 Å². The number of ether oxygens (including phenoxy) is 1. The van der Waals surface area contributed by atoms with Gasteiger partial charge < -0.3 is 14.1 Å². The first-order chi connectivity index (χ1) is 20.6. The Bertz CT molecular complexity index is 1300. The molecule has 9 heteroatoms. The number of rotatable bonds is 10. The Morgan fingerprint density at radius 3 is 2.21 bits per heavy atom. The Kier molecular flexibility index (Phi) is 11.3. The number of hydrogen-bond acceptors (Lipinski definition) is 5. The van der Waals surface area contributed by atoms with Crippen LogP contribution >= 0.6 is 0 Å². The van der Waals surface area contributed by atoms with Crippen LogP contribution in [-0.4, -0.2) is 47.9 Å². The molecule has 0 saturated carbocycles. The monoisotopic (exact) mass is 600 g/mol. The third kappa shape index (κ3) is 7.78. The molecule has 6 nitrogen and oxygen atoms in total. The van der Waals surface area contributed by atoms with Gasteiger partial charge in [0.25, 0.3) is 6.43 Å². The normalized spacial score (nSPS) is 19.5. The second kappa shape index (κ2) is 14.9. The van der Waals surface area contributed by atoms with E-state index in [-0.39, 0.29) is 23.6 Å². The summed E-state index contributed by atoms with van der Waals surface area (Å²) in [7, 11) is 0. The molecule has 1 aromatic carbocycles. The summed E-state index contributed by atoms with van der Waals surface area (Å²) in [5, 5.41) is 0. The van der Waals surface area contributed by atoms with E-state index in [1.165, 1.54) is 5.57 Å². The summed E-state index contributed by atoms with van der Waals surface area (Å²) < 4.78 is 51.9. The highest BCUT2D eigenvalue weighted by atomic mass is 19.3. The molecule has 43 heavy (non-hydrogen) atoms. The summed E-state index contributed by atoms with van der Waals surface area (Å²) in [6.07, 6.45) is 3.62. The van der Waals surface area contributed by atoms with Crippen molar-refractivity contribution < 1.29 is 31.9 Å². The summed E-state index contributed by atoms with van der Waals surface area (Å²) in [5.41, 5.74) is 2.59. The third-order valence-electron chi connectivity index (χ3n) is 9.17. The molecule has 1 amide bonds. The van der Waals surface area contributed by atoms with Gasteiger partial charge in [0, 0.05) is 24.6 Å². The number of allylic oxidation sites excluding steroid dienone is 4. The number of carbonyl (C=O) groups is 2. The fourth-order valence-electron chi connectivity index (χ4n) is 6.25. The zero-order valence-electron chi connectivity index (χ0n) is 25.5. The Hall–Kier alpha value is -3.36. The first kappa shape index (κ1) is 32.6. The summed E-state index contributed by atoms with van der Waals surface area (Å²) in [6, 6.07) is 8.55. The Morgan fingerprint density at radius 1 is 1.00 bits per heavy atom. The maximum absolute atomic E-state index is 14.6. The van der Waals surface area contributed by atoms with Gasteiger partial charge in [-0.1, -0.05) is 62.3 Å². The van der Waals surface area contributed by atoms with Crippen LogP contribution in [0.4, 0.5) is 18.0 Å². The minimum atomic E-state index is -3.34. The van der Waals surface area contributed by atoms with E-state index in [0.717, 1.165) is 57.2 Å². The minimum absolute atomic E-state index is 0.0524. The number of hydrogen-bond donors (Lipinski definition) is 0. The van der Waals surface area contributed by atoms with Crippen LogP contribution in [0.1, 0.15) is 88.6 Å². The topological polar surface area (TPSA) is 72.6 Å². The van der Waals surface area contributed by atoms with Gasteiger partial charge in [0.2, 0.25) is 12.1 Å². The number of ketones is 1. The van der Waals surface area contributed by atoms with Gasteiger partial charge in [-0.05, 0) is 75.3 Å². The predicted octanol–water partition coefficient (Wildman–Crippen LogP) is 9.00. The molecule has 4 unspecified atom stereocenters. The van der Waals surface area contributed by atoms with Gasteiger partial charge in [-0.15, -0.1) is 0 Å². The van der Waals surface area contributed by atoms with Crippen molar-refractivity contribution in [3.63, 3.8) is 0 Å². The number of nitrogens with zero attached hydrogens (tertiary/aromatic N) is 2. The molecule has 2 heterocycles. The standard InChI is InChI=1S/C34H43F3N2O4/c1-5-42-34(41)39-19-9-13-24(14-10-20-39)23(4)26-17-15-25(16-18-26)21(2)22(3)30(40)29-31(28(35)32(36)37)43-33(38-29)27-11-7-6-8-12-27/h6-8,11-12,15,17,21-24,28,32H,5,9-10,13-14,16,18-20H2,1-4H3. The van der Waals surface area contributed by atoms with Crippen molar-refractivity contribution in [2.45, 2.75) is 78.8 Å². The Labute approximate surface area is 252 Å². The average Bonchev–Trinajstić information content (AvgIpc) is 3.45. The maximum atomic E-state index is 14.6. The minimum Gasteiger partial charge on any atom is -0.450 e. The lowest BCUT2D eigenvalue weighted by Crippen LogP contribution is -2.35. The molecule has 1 fully saturated rings. The number of aromatic nitrogens is 1.